The Morgan fingerprint density at radius 1 is 1.33 bits per heavy atom. The number of piperidine rings is 1. The van der Waals surface area contributed by atoms with E-state index in [1.807, 2.05) is 0 Å². The Morgan fingerprint density at radius 2 is 2.00 bits per heavy atom. The van der Waals surface area contributed by atoms with Crippen LogP contribution in [0.1, 0.15) is 32.3 Å². The van der Waals surface area contributed by atoms with Gasteiger partial charge in [0, 0.05) is 13.1 Å². The number of hydrogen-bond acceptors (Lipinski definition) is 4. The molecule has 1 unspecified atom stereocenters. The first kappa shape index (κ1) is 18.7. The first-order valence-electron chi connectivity index (χ1n) is 9.04. The summed E-state index contributed by atoms with van der Waals surface area (Å²) in [7, 11) is 0. The Bertz CT molecular complexity index is 966. The highest BCUT2D eigenvalue weighted by Gasteiger charge is 2.20. The molecule has 27 heavy (non-hydrogen) atoms. The minimum atomic E-state index is -0.843. The number of benzene rings is 1. The Labute approximate surface area is 158 Å². The fourth-order valence-corrected chi connectivity index (χ4v) is 3.03. The van der Waals surface area contributed by atoms with Gasteiger partial charge in [0.15, 0.2) is 5.69 Å². The molecule has 138 valence electrons. The summed E-state index contributed by atoms with van der Waals surface area (Å²) >= 11 is 0. The van der Waals surface area contributed by atoms with Gasteiger partial charge in [-0.1, -0.05) is 43.0 Å². The predicted molar refractivity (Wildman–Crippen MR) is 106 cm³/mol. The number of nitrogens with one attached hydrogen (secondary N) is 1. The van der Waals surface area contributed by atoms with Crippen LogP contribution in [0.5, 0.6) is 0 Å². The molecule has 0 aliphatic carbocycles. The van der Waals surface area contributed by atoms with Gasteiger partial charge < -0.3 is 10.0 Å². The molecule has 2 N–H and O–H groups in total. The van der Waals surface area contributed by atoms with Crippen molar-refractivity contribution < 1.29 is 5.11 Å². The lowest BCUT2D eigenvalue weighted by atomic mass is 9.99. The largest absolute Gasteiger partial charge is 0.381 e. The lowest BCUT2D eigenvalue weighted by Crippen LogP contribution is -2.35. The Hall–Kier alpha value is -3.09. The number of aromatic amines is 1. The van der Waals surface area contributed by atoms with Gasteiger partial charge >= 0.3 is 0 Å². The maximum atomic E-state index is 12.7. The Balaban J connectivity index is 2.10. The normalized spacial score (nSPS) is 15.6. The van der Waals surface area contributed by atoms with Crippen LogP contribution in [0.2, 0.25) is 0 Å². The van der Waals surface area contributed by atoms with Crippen LogP contribution in [0.4, 0.5) is 11.6 Å². The Kier molecular flexibility index (Phi) is 5.59. The van der Waals surface area contributed by atoms with Crippen LogP contribution >= 0.6 is 0 Å². The second kappa shape index (κ2) is 8.07. The zero-order valence-corrected chi connectivity index (χ0v) is 15.5. The minimum Gasteiger partial charge on any atom is -0.381 e. The van der Waals surface area contributed by atoms with E-state index in [4.69, 9.17) is 11.6 Å². The molecule has 0 radical (unpaired) electrons. The van der Waals surface area contributed by atoms with Crippen LogP contribution in [0.15, 0.2) is 29.1 Å². The molecule has 1 aromatic carbocycles. The molecule has 3 rings (SSSR count). The van der Waals surface area contributed by atoms with Crippen LogP contribution < -0.4 is 10.5 Å². The first-order chi connectivity index (χ1) is 13.0. The van der Waals surface area contributed by atoms with Crippen molar-refractivity contribution in [2.24, 2.45) is 5.92 Å². The third-order valence-electron chi connectivity index (χ3n) is 4.67. The molecule has 1 saturated heterocycles. The number of hydrogen-bond donors (Lipinski definition) is 2. The molecule has 1 aliphatic rings. The SMILES string of the molecule is [C-]#[N+]c1ccc(-c2nc(N3CCC(C)CC3)[nH]c(=O)c2C#CC(C)O)cc1. The van der Waals surface area contributed by atoms with Gasteiger partial charge in [-0.05, 0) is 31.2 Å². The van der Waals surface area contributed by atoms with Crippen molar-refractivity contribution in [2.75, 3.05) is 18.0 Å². The first-order valence-corrected chi connectivity index (χ1v) is 9.04. The van der Waals surface area contributed by atoms with Crippen molar-refractivity contribution in [3.05, 3.63) is 51.6 Å². The number of aliphatic hydroxyl groups is 1. The highest BCUT2D eigenvalue weighted by Crippen LogP contribution is 2.25. The van der Waals surface area contributed by atoms with Gasteiger partial charge in [0.25, 0.3) is 5.56 Å². The Morgan fingerprint density at radius 3 is 2.59 bits per heavy atom. The predicted octanol–water partition coefficient (Wildman–Crippen LogP) is 2.96. The molecule has 2 aromatic rings. The lowest BCUT2D eigenvalue weighted by molar-refractivity contribution is 0.253. The quantitative estimate of drug-likeness (QED) is 0.636. The van der Waals surface area contributed by atoms with E-state index in [1.165, 1.54) is 0 Å². The number of nitrogens with zero attached hydrogens (tertiary/aromatic N) is 3. The number of H-pyrrole nitrogens is 1. The van der Waals surface area contributed by atoms with Gasteiger partial charge in [-0.2, -0.15) is 0 Å². The molecule has 6 nitrogen and oxygen atoms in total. The van der Waals surface area contributed by atoms with Crippen molar-refractivity contribution in [1.82, 2.24) is 9.97 Å². The van der Waals surface area contributed by atoms with E-state index in [1.54, 1.807) is 31.2 Å². The molecular weight excluding hydrogens is 340 g/mol. The molecule has 0 spiro atoms. The highest BCUT2D eigenvalue weighted by molar-refractivity contribution is 5.70. The van der Waals surface area contributed by atoms with Crippen LogP contribution in [-0.4, -0.2) is 34.3 Å². The molecule has 1 atom stereocenters. The van der Waals surface area contributed by atoms with Gasteiger partial charge in [-0.25, -0.2) is 9.83 Å². The maximum Gasteiger partial charge on any atom is 0.268 e. The fraction of sp³-hybridized carbons (Fsp3) is 0.381. The van der Waals surface area contributed by atoms with Crippen molar-refractivity contribution in [3.8, 4) is 23.1 Å². The zero-order chi connectivity index (χ0) is 19.4. The van der Waals surface area contributed by atoms with E-state index in [2.05, 4.69) is 33.5 Å². The second-order valence-corrected chi connectivity index (χ2v) is 6.89. The summed E-state index contributed by atoms with van der Waals surface area (Å²) in [6.45, 7) is 12.6. The smallest absolute Gasteiger partial charge is 0.268 e. The van der Waals surface area contributed by atoms with Gasteiger partial charge in [-0.3, -0.25) is 9.78 Å². The van der Waals surface area contributed by atoms with E-state index in [0.29, 0.717) is 23.2 Å². The summed E-state index contributed by atoms with van der Waals surface area (Å²) in [5.74, 6) is 6.60. The molecule has 0 saturated carbocycles. The van der Waals surface area contributed by atoms with Crippen LogP contribution in [0.25, 0.3) is 16.1 Å². The fourth-order valence-electron chi connectivity index (χ4n) is 3.03. The highest BCUT2D eigenvalue weighted by atomic mass is 16.3. The molecule has 1 aromatic heterocycles. The number of aliphatic hydroxyl groups excluding tert-OH is 1. The number of rotatable bonds is 2. The molecule has 0 amide bonds. The molecule has 6 heteroatoms. The minimum absolute atomic E-state index is 0.223. The molecule has 1 aliphatic heterocycles. The summed E-state index contributed by atoms with van der Waals surface area (Å²) in [6.07, 6.45) is 1.27. The van der Waals surface area contributed by atoms with E-state index in [9.17, 15) is 9.90 Å². The van der Waals surface area contributed by atoms with Gasteiger partial charge in [0.05, 0.1) is 12.3 Å². The average molecular weight is 362 g/mol. The molecule has 1 fully saturated rings. The third-order valence-corrected chi connectivity index (χ3v) is 4.67. The van der Waals surface area contributed by atoms with E-state index >= 15 is 0 Å². The van der Waals surface area contributed by atoms with Gasteiger partial charge in [0.2, 0.25) is 5.95 Å². The van der Waals surface area contributed by atoms with Crippen molar-refractivity contribution in [2.45, 2.75) is 32.8 Å². The van der Waals surface area contributed by atoms with Gasteiger partial charge in [-0.15, -0.1) is 0 Å². The lowest BCUT2D eigenvalue weighted by Gasteiger charge is -2.30. The summed E-state index contributed by atoms with van der Waals surface area (Å²) in [4.78, 5) is 25.7. The van der Waals surface area contributed by atoms with Gasteiger partial charge in [0.1, 0.15) is 11.7 Å². The van der Waals surface area contributed by atoms with E-state index in [-0.39, 0.29) is 11.1 Å². The van der Waals surface area contributed by atoms with Crippen molar-refractivity contribution in [3.63, 3.8) is 0 Å². The van der Waals surface area contributed by atoms with Crippen LogP contribution in [-0.2, 0) is 0 Å². The summed E-state index contributed by atoms with van der Waals surface area (Å²) < 4.78 is 0. The van der Waals surface area contributed by atoms with E-state index in [0.717, 1.165) is 31.5 Å². The molecular formula is C21H22N4O2. The second-order valence-electron chi connectivity index (χ2n) is 6.89. The topological polar surface area (TPSA) is 73.6 Å². The number of aromatic nitrogens is 2. The molecule has 0 bridgehead atoms. The summed E-state index contributed by atoms with van der Waals surface area (Å²) in [6, 6.07) is 6.92. The summed E-state index contributed by atoms with van der Waals surface area (Å²) in [5.41, 5.74) is 1.61. The maximum absolute atomic E-state index is 12.7. The standard InChI is InChI=1S/C21H22N4O2/c1-14-10-12-25(13-11-14)21-23-19(16-5-7-17(22-3)8-6-16)18(20(27)24-21)9-4-15(2)26/h5-8,14-15,26H,10-13H2,1-2H3,(H,23,24,27). The average Bonchev–Trinajstić information content (AvgIpc) is 2.67. The number of anilines is 1. The summed E-state index contributed by atoms with van der Waals surface area (Å²) in [5, 5.41) is 9.47. The van der Waals surface area contributed by atoms with Crippen molar-refractivity contribution in [1.29, 1.82) is 0 Å². The third kappa shape index (κ3) is 4.36. The van der Waals surface area contributed by atoms with E-state index < -0.39 is 6.10 Å². The zero-order valence-electron chi connectivity index (χ0n) is 15.5. The van der Waals surface area contributed by atoms with Crippen LogP contribution in [0, 0.1) is 24.3 Å². The van der Waals surface area contributed by atoms with Crippen molar-refractivity contribution >= 4 is 11.6 Å². The monoisotopic (exact) mass is 362 g/mol. The molecule has 2 heterocycles. The van der Waals surface area contributed by atoms with Crippen LogP contribution in [0.3, 0.4) is 0 Å².